The molecule has 2 rings (SSSR count). The molecular formula is C13H15BrN2. The van der Waals surface area contributed by atoms with Crippen LogP contribution in [0.4, 0.5) is 0 Å². The Morgan fingerprint density at radius 1 is 1.25 bits per heavy atom. The fourth-order valence-corrected chi connectivity index (χ4v) is 2.20. The lowest BCUT2D eigenvalue weighted by atomic mass is 10.2. The van der Waals surface area contributed by atoms with Gasteiger partial charge in [0.25, 0.3) is 0 Å². The number of halogens is 1. The third-order valence-electron chi connectivity index (χ3n) is 2.96. The van der Waals surface area contributed by atoms with Crippen LogP contribution in [0, 0.1) is 20.8 Å². The number of benzene rings is 1. The average Bonchev–Trinajstić information content (AvgIpc) is 2.47. The molecule has 0 atom stereocenters. The van der Waals surface area contributed by atoms with Crippen LogP contribution in [0.1, 0.15) is 22.5 Å². The predicted octanol–water partition coefficient (Wildman–Crippen LogP) is 3.62. The highest BCUT2D eigenvalue weighted by Crippen LogP contribution is 2.16. The molecule has 1 heterocycles. The lowest BCUT2D eigenvalue weighted by molar-refractivity contribution is 0.658. The monoisotopic (exact) mass is 278 g/mol. The molecular weight excluding hydrogens is 264 g/mol. The number of nitrogens with zero attached hydrogens (tertiary/aromatic N) is 2. The summed E-state index contributed by atoms with van der Waals surface area (Å²) < 4.78 is 3.18. The predicted molar refractivity (Wildman–Crippen MR) is 69.7 cm³/mol. The quantitative estimate of drug-likeness (QED) is 0.821. The molecule has 16 heavy (non-hydrogen) atoms. The molecule has 2 nitrogen and oxygen atoms in total. The zero-order valence-corrected chi connectivity index (χ0v) is 11.4. The first-order valence-corrected chi connectivity index (χ1v) is 6.12. The molecule has 0 amide bonds. The summed E-state index contributed by atoms with van der Waals surface area (Å²) in [5.41, 5.74) is 4.92. The van der Waals surface area contributed by atoms with Crippen molar-refractivity contribution < 1.29 is 0 Å². The Kier molecular flexibility index (Phi) is 3.15. The molecule has 0 fully saturated rings. The van der Waals surface area contributed by atoms with Crippen molar-refractivity contribution in [3.05, 3.63) is 51.3 Å². The van der Waals surface area contributed by atoms with Crippen molar-refractivity contribution >= 4 is 15.9 Å². The lowest BCUT2D eigenvalue weighted by Gasteiger charge is -2.05. The molecule has 0 saturated heterocycles. The lowest BCUT2D eigenvalue weighted by Crippen LogP contribution is -2.04. The standard InChI is InChI=1S/C13H15BrN2/c1-9-10(2)15-16(11(9)3)8-12-5-4-6-13(14)7-12/h4-7H,8H2,1-3H3. The number of aromatic nitrogens is 2. The summed E-state index contributed by atoms with van der Waals surface area (Å²) in [6, 6.07) is 8.34. The molecule has 0 aliphatic rings. The Balaban J connectivity index is 2.30. The third kappa shape index (κ3) is 2.19. The fourth-order valence-electron chi connectivity index (χ4n) is 1.75. The minimum atomic E-state index is 0.833. The van der Waals surface area contributed by atoms with E-state index < -0.39 is 0 Å². The Bertz CT molecular complexity index is 515. The van der Waals surface area contributed by atoms with Gasteiger partial charge in [0.2, 0.25) is 0 Å². The largest absolute Gasteiger partial charge is 0.265 e. The molecule has 3 heteroatoms. The first-order chi connectivity index (χ1) is 7.58. The van der Waals surface area contributed by atoms with Crippen molar-refractivity contribution in [1.29, 1.82) is 0 Å². The highest BCUT2D eigenvalue weighted by Gasteiger charge is 2.07. The summed E-state index contributed by atoms with van der Waals surface area (Å²) in [6.45, 7) is 7.13. The van der Waals surface area contributed by atoms with Gasteiger partial charge < -0.3 is 0 Å². The summed E-state index contributed by atoms with van der Waals surface area (Å²) in [5.74, 6) is 0. The maximum absolute atomic E-state index is 4.54. The second kappa shape index (κ2) is 4.42. The van der Waals surface area contributed by atoms with Gasteiger partial charge in [-0.2, -0.15) is 5.10 Å². The van der Waals surface area contributed by atoms with Gasteiger partial charge in [-0.3, -0.25) is 4.68 Å². The Morgan fingerprint density at radius 3 is 2.56 bits per heavy atom. The summed E-state index contributed by atoms with van der Waals surface area (Å²) in [6.07, 6.45) is 0. The van der Waals surface area contributed by atoms with Gasteiger partial charge in [-0.25, -0.2) is 0 Å². The zero-order valence-electron chi connectivity index (χ0n) is 9.79. The third-order valence-corrected chi connectivity index (χ3v) is 3.46. The zero-order chi connectivity index (χ0) is 11.7. The molecule has 2 aromatic rings. The van der Waals surface area contributed by atoms with Crippen LogP contribution in [0.3, 0.4) is 0 Å². The maximum atomic E-state index is 4.54. The molecule has 0 aliphatic heterocycles. The second-order valence-electron chi connectivity index (χ2n) is 4.08. The molecule has 0 N–H and O–H groups in total. The molecule has 0 radical (unpaired) electrons. The first kappa shape index (κ1) is 11.4. The van der Waals surface area contributed by atoms with Crippen molar-refractivity contribution in [2.24, 2.45) is 0 Å². The van der Waals surface area contributed by atoms with E-state index in [4.69, 9.17) is 0 Å². The van der Waals surface area contributed by atoms with Gasteiger partial charge in [-0.15, -0.1) is 0 Å². The number of rotatable bonds is 2. The van der Waals surface area contributed by atoms with Gasteiger partial charge in [0.15, 0.2) is 0 Å². The summed E-state index contributed by atoms with van der Waals surface area (Å²) in [4.78, 5) is 0. The van der Waals surface area contributed by atoms with Crippen molar-refractivity contribution in [3.63, 3.8) is 0 Å². The number of hydrogen-bond donors (Lipinski definition) is 0. The Labute approximate surface area is 104 Å². The Morgan fingerprint density at radius 2 is 2.00 bits per heavy atom. The van der Waals surface area contributed by atoms with Crippen LogP contribution in [-0.2, 0) is 6.54 Å². The highest BCUT2D eigenvalue weighted by atomic mass is 79.9. The molecule has 0 spiro atoms. The summed E-state index contributed by atoms with van der Waals surface area (Å²) in [7, 11) is 0. The van der Waals surface area contributed by atoms with Crippen LogP contribution in [0.25, 0.3) is 0 Å². The van der Waals surface area contributed by atoms with Gasteiger partial charge in [0.05, 0.1) is 12.2 Å². The van der Waals surface area contributed by atoms with E-state index in [2.05, 4.69) is 64.7 Å². The van der Waals surface area contributed by atoms with E-state index in [-0.39, 0.29) is 0 Å². The van der Waals surface area contributed by atoms with Gasteiger partial charge >= 0.3 is 0 Å². The van der Waals surface area contributed by atoms with Crippen molar-refractivity contribution in [1.82, 2.24) is 9.78 Å². The molecule has 1 aromatic carbocycles. The Hall–Kier alpha value is -1.09. The van der Waals surface area contributed by atoms with Gasteiger partial charge in [0.1, 0.15) is 0 Å². The summed E-state index contributed by atoms with van der Waals surface area (Å²) >= 11 is 3.48. The second-order valence-corrected chi connectivity index (χ2v) is 5.00. The van der Waals surface area contributed by atoms with Crippen LogP contribution >= 0.6 is 15.9 Å². The SMILES string of the molecule is Cc1nn(Cc2cccc(Br)c2)c(C)c1C. The van der Waals surface area contributed by atoms with Crippen molar-refractivity contribution in [2.45, 2.75) is 27.3 Å². The summed E-state index contributed by atoms with van der Waals surface area (Å²) in [5, 5.41) is 4.54. The number of aryl methyl sites for hydroxylation is 1. The fraction of sp³-hybridized carbons (Fsp3) is 0.308. The van der Waals surface area contributed by atoms with Crippen LogP contribution in [0.2, 0.25) is 0 Å². The molecule has 0 aliphatic carbocycles. The molecule has 0 unspecified atom stereocenters. The molecule has 0 bridgehead atoms. The van der Waals surface area contributed by atoms with E-state index in [0.717, 1.165) is 16.7 Å². The molecule has 0 saturated carbocycles. The van der Waals surface area contributed by atoms with Gasteiger partial charge in [0, 0.05) is 10.2 Å². The minimum Gasteiger partial charge on any atom is -0.265 e. The van der Waals surface area contributed by atoms with E-state index in [1.807, 2.05) is 6.07 Å². The van der Waals surface area contributed by atoms with E-state index in [1.165, 1.54) is 16.8 Å². The van der Waals surface area contributed by atoms with E-state index in [9.17, 15) is 0 Å². The minimum absolute atomic E-state index is 0.833. The average molecular weight is 279 g/mol. The van der Waals surface area contributed by atoms with Crippen LogP contribution in [0.5, 0.6) is 0 Å². The van der Waals surface area contributed by atoms with Crippen molar-refractivity contribution in [2.75, 3.05) is 0 Å². The van der Waals surface area contributed by atoms with Crippen LogP contribution in [0.15, 0.2) is 28.7 Å². The molecule has 84 valence electrons. The normalized spacial score (nSPS) is 10.8. The number of hydrogen-bond acceptors (Lipinski definition) is 1. The van der Waals surface area contributed by atoms with Gasteiger partial charge in [-0.1, -0.05) is 28.1 Å². The maximum Gasteiger partial charge on any atom is 0.0663 e. The highest BCUT2D eigenvalue weighted by molar-refractivity contribution is 9.10. The van der Waals surface area contributed by atoms with E-state index in [0.29, 0.717) is 0 Å². The van der Waals surface area contributed by atoms with Crippen LogP contribution < -0.4 is 0 Å². The smallest absolute Gasteiger partial charge is 0.0663 e. The first-order valence-electron chi connectivity index (χ1n) is 5.33. The van der Waals surface area contributed by atoms with Gasteiger partial charge in [-0.05, 0) is 44.0 Å². The van der Waals surface area contributed by atoms with Crippen LogP contribution in [-0.4, -0.2) is 9.78 Å². The molecule has 1 aromatic heterocycles. The van der Waals surface area contributed by atoms with E-state index in [1.54, 1.807) is 0 Å². The topological polar surface area (TPSA) is 17.8 Å². The van der Waals surface area contributed by atoms with E-state index >= 15 is 0 Å². The van der Waals surface area contributed by atoms with Crippen molar-refractivity contribution in [3.8, 4) is 0 Å².